The number of rotatable bonds is 10. The maximum atomic E-state index is 14.1. The van der Waals surface area contributed by atoms with Crippen molar-refractivity contribution in [2.24, 2.45) is 0 Å². The van der Waals surface area contributed by atoms with Gasteiger partial charge in [-0.15, -0.1) is 11.3 Å². The van der Waals surface area contributed by atoms with Gasteiger partial charge in [-0.25, -0.2) is 0 Å². The quantitative estimate of drug-likeness (QED) is 0.164. The third kappa shape index (κ3) is 5.35. The molecule has 0 atom stereocenters. The van der Waals surface area contributed by atoms with Gasteiger partial charge in [0.1, 0.15) is 12.4 Å². The Bertz CT molecular complexity index is 1430. The van der Waals surface area contributed by atoms with Crippen molar-refractivity contribution in [2.45, 2.75) is 31.6 Å². The van der Waals surface area contributed by atoms with E-state index in [9.17, 15) is 4.79 Å². The Hall–Kier alpha value is -3.19. The number of likely N-dealkylation sites (tertiary alicyclic amines) is 1. The first-order valence-corrected chi connectivity index (χ1v) is 14.4. The minimum Gasteiger partial charge on any atom is -0.492 e. The van der Waals surface area contributed by atoms with Crippen LogP contribution in [0.3, 0.4) is 0 Å². The summed E-state index contributed by atoms with van der Waals surface area (Å²) in [5.74, 6) is 2.23. The minimum atomic E-state index is 0.0571. The SMILES string of the molecule is CN(C)Oc1ccc(C(=O)c2c(-c3ccc(OCCN4CCCC4)cc3)sc3ccccc23)cc1C1CC1. The van der Waals surface area contributed by atoms with Crippen LogP contribution in [-0.2, 0) is 0 Å². The van der Waals surface area contributed by atoms with Crippen molar-refractivity contribution in [3.63, 3.8) is 0 Å². The zero-order chi connectivity index (χ0) is 26.1. The summed E-state index contributed by atoms with van der Waals surface area (Å²) in [6, 6.07) is 22.3. The van der Waals surface area contributed by atoms with E-state index in [1.54, 1.807) is 16.4 Å². The van der Waals surface area contributed by atoms with E-state index in [2.05, 4.69) is 29.2 Å². The lowest BCUT2D eigenvalue weighted by molar-refractivity contribution is -0.00430. The predicted octanol–water partition coefficient (Wildman–Crippen LogP) is 7.01. The molecule has 5 nitrogen and oxygen atoms in total. The number of hydrogen-bond acceptors (Lipinski definition) is 6. The number of fused-ring (bicyclic) bond motifs is 1. The van der Waals surface area contributed by atoms with E-state index in [1.165, 1.54) is 25.9 Å². The second-order valence-corrected chi connectivity index (χ2v) is 11.5. The Labute approximate surface area is 228 Å². The van der Waals surface area contributed by atoms with Crippen molar-refractivity contribution in [2.75, 3.05) is 40.3 Å². The predicted molar refractivity (Wildman–Crippen MR) is 155 cm³/mol. The molecule has 1 saturated carbocycles. The Kier molecular flexibility index (Phi) is 7.20. The molecule has 1 saturated heterocycles. The first kappa shape index (κ1) is 25.1. The van der Waals surface area contributed by atoms with Crippen LogP contribution in [0.15, 0.2) is 66.7 Å². The zero-order valence-electron chi connectivity index (χ0n) is 22.1. The van der Waals surface area contributed by atoms with Crippen LogP contribution in [0.2, 0.25) is 0 Å². The average Bonchev–Trinajstić information content (AvgIpc) is 3.50. The van der Waals surface area contributed by atoms with Gasteiger partial charge in [-0.2, -0.15) is 5.06 Å². The van der Waals surface area contributed by atoms with Gasteiger partial charge >= 0.3 is 0 Å². The first-order valence-electron chi connectivity index (χ1n) is 13.6. The summed E-state index contributed by atoms with van der Waals surface area (Å²) in [7, 11) is 3.76. The molecular formula is C32H34N2O3S. The van der Waals surface area contributed by atoms with Gasteiger partial charge in [-0.1, -0.05) is 18.2 Å². The van der Waals surface area contributed by atoms with E-state index < -0.39 is 0 Å². The molecule has 0 unspecified atom stereocenters. The molecule has 0 radical (unpaired) electrons. The van der Waals surface area contributed by atoms with E-state index in [-0.39, 0.29) is 5.78 Å². The molecule has 0 amide bonds. The van der Waals surface area contributed by atoms with Gasteiger partial charge in [0.15, 0.2) is 11.5 Å². The van der Waals surface area contributed by atoms with Gasteiger partial charge in [0.05, 0.1) is 0 Å². The summed E-state index contributed by atoms with van der Waals surface area (Å²) >= 11 is 1.68. The minimum absolute atomic E-state index is 0.0571. The van der Waals surface area contributed by atoms with Crippen molar-refractivity contribution in [3.05, 3.63) is 83.4 Å². The highest BCUT2D eigenvalue weighted by Crippen LogP contribution is 2.46. The lowest BCUT2D eigenvalue weighted by atomic mass is 9.95. The number of thiophene rings is 1. The fraction of sp³-hybridized carbons (Fsp3) is 0.344. The highest BCUT2D eigenvalue weighted by molar-refractivity contribution is 7.22. The fourth-order valence-electron chi connectivity index (χ4n) is 5.30. The molecule has 1 aromatic heterocycles. The van der Waals surface area contributed by atoms with E-state index >= 15 is 0 Å². The molecule has 0 N–H and O–H groups in total. The third-order valence-electron chi connectivity index (χ3n) is 7.38. The molecule has 1 aliphatic heterocycles. The third-order valence-corrected chi connectivity index (χ3v) is 8.60. The molecule has 4 aromatic rings. The Morgan fingerprint density at radius 3 is 2.50 bits per heavy atom. The Morgan fingerprint density at radius 2 is 1.76 bits per heavy atom. The number of nitrogens with zero attached hydrogens (tertiary/aromatic N) is 2. The molecule has 2 fully saturated rings. The molecule has 1 aliphatic carbocycles. The molecule has 6 rings (SSSR count). The number of ether oxygens (including phenoxy) is 1. The van der Waals surface area contributed by atoms with Crippen LogP contribution < -0.4 is 9.57 Å². The van der Waals surface area contributed by atoms with E-state index in [4.69, 9.17) is 9.57 Å². The number of carbonyl (C=O) groups excluding carboxylic acids is 1. The van der Waals surface area contributed by atoms with Gasteiger partial charge < -0.3 is 9.57 Å². The van der Waals surface area contributed by atoms with E-state index in [0.717, 1.165) is 62.5 Å². The monoisotopic (exact) mass is 526 g/mol. The standard InChI is InChI=1S/C32H34N2O3S/c1-33(2)37-28-16-13-24(21-27(28)22-9-10-22)31(35)30-26-7-3-4-8-29(26)38-32(30)23-11-14-25(15-12-23)36-20-19-34-17-5-6-18-34/h3-4,7-8,11-16,21-22H,5-6,9-10,17-20H2,1-2H3. The van der Waals surface area contributed by atoms with Gasteiger partial charge in [-0.3, -0.25) is 9.69 Å². The van der Waals surface area contributed by atoms with Crippen molar-refractivity contribution in [1.29, 1.82) is 0 Å². The number of hydroxylamine groups is 2. The Balaban J connectivity index is 1.30. The van der Waals surface area contributed by atoms with Crippen molar-refractivity contribution in [1.82, 2.24) is 9.96 Å². The molecule has 2 aliphatic rings. The molecule has 6 heteroatoms. The van der Waals surface area contributed by atoms with Crippen LogP contribution >= 0.6 is 11.3 Å². The number of hydrogen-bond donors (Lipinski definition) is 0. The summed E-state index contributed by atoms with van der Waals surface area (Å²) in [5, 5.41) is 2.71. The number of carbonyl (C=O) groups is 1. The second kappa shape index (κ2) is 10.9. The molecule has 0 bridgehead atoms. The highest BCUT2D eigenvalue weighted by atomic mass is 32.1. The summed E-state index contributed by atoms with van der Waals surface area (Å²) in [6.07, 6.45) is 4.86. The van der Waals surface area contributed by atoms with Crippen LogP contribution in [0.4, 0.5) is 0 Å². The smallest absolute Gasteiger partial charge is 0.195 e. The molecular weight excluding hydrogens is 492 g/mol. The first-order chi connectivity index (χ1) is 18.6. The van der Waals surface area contributed by atoms with Crippen LogP contribution in [-0.4, -0.2) is 56.1 Å². The molecule has 2 heterocycles. The summed E-state index contributed by atoms with van der Waals surface area (Å²) in [4.78, 5) is 23.5. The van der Waals surface area contributed by atoms with Crippen molar-refractivity contribution >= 4 is 27.2 Å². The topological polar surface area (TPSA) is 42.0 Å². The van der Waals surface area contributed by atoms with Crippen LogP contribution in [0.25, 0.3) is 20.5 Å². The summed E-state index contributed by atoms with van der Waals surface area (Å²) in [5.41, 5.74) is 3.65. The van der Waals surface area contributed by atoms with Gasteiger partial charge in [0.25, 0.3) is 0 Å². The van der Waals surface area contributed by atoms with Gasteiger partial charge in [-0.05, 0) is 98.8 Å². The van der Waals surface area contributed by atoms with Crippen molar-refractivity contribution in [3.8, 4) is 21.9 Å². The largest absolute Gasteiger partial charge is 0.492 e. The molecule has 196 valence electrons. The average molecular weight is 527 g/mol. The normalized spacial score (nSPS) is 15.9. The van der Waals surface area contributed by atoms with E-state index in [1.807, 2.05) is 56.6 Å². The molecule has 0 spiro atoms. The van der Waals surface area contributed by atoms with Gasteiger partial charge in [0, 0.05) is 52.3 Å². The maximum absolute atomic E-state index is 14.1. The maximum Gasteiger partial charge on any atom is 0.195 e. The fourth-order valence-corrected chi connectivity index (χ4v) is 6.51. The molecule has 3 aromatic carbocycles. The van der Waals surface area contributed by atoms with Gasteiger partial charge in [0.2, 0.25) is 0 Å². The van der Waals surface area contributed by atoms with Crippen LogP contribution in [0.1, 0.15) is 53.1 Å². The summed E-state index contributed by atoms with van der Waals surface area (Å²) < 4.78 is 7.14. The highest BCUT2D eigenvalue weighted by Gasteiger charge is 2.29. The van der Waals surface area contributed by atoms with Crippen molar-refractivity contribution < 1.29 is 14.4 Å². The lowest BCUT2D eigenvalue weighted by Crippen LogP contribution is -2.25. The lowest BCUT2D eigenvalue weighted by Gasteiger charge is -2.16. The summed E-state index contributed by atoms with van der Waals surface area (Å²) in [6.45, 7) is 4.03. The number of benzene rings is 3. The Morgan fingerprint density at radius 1 is 1.00 bits per heavy atom. The van der Waals surface area contributed by atoms with Crippen LogP contribution in [0.5, 0.6) is 11.5 Å². The van der Waals surface area contributed by atoms with E-state index in [0.29, 0.717) is 18.1 Å². The van der Waals surface area contributed by atoms with Crippen LogP contribution in [0, 0.1) is 0 Å². The number of ketones is 1. The zero-order valence-corrected chi connectivity index (χ0v) is 22.9. The molecule has 38 heavy (non-hydrogen) atoms. The second-order valence-electron chi connectivity index (χ2n) is 10.5.